The number of carbonyl (C=O) groups is 1. The van der Waals surface area contributed by atoms with E-state index in [9.17, 15) is 9.18 Å². The first-order valence-electron chi connectivity index (χ1n) is 8.03. The molecule has 0 bridgehead atoms. The third-order valence-corrected chi connectivity index (χ3v) is 4.20. The van der Waals surface area contributed by atoms with Crippen LogP contribution in [0.25, 0.3) is 0 Å². The normalized spacial score (nSPS) is 18.1. The summed E-state index contributed by atoms with van der Waals surface area (Å²) in [5, 5.41) is 2.99. The molecule has 0 aromatic heterocycles. The molecule has 128 valence electrons. The van der Waals surface area contributed by atoms with Crippen LogP contribution in [-0.2, 0) is 11.3 Å². The number of urea groups is 1. The summed E-state index contributed by atoms with van der Waals surface area (Å²) in [5.74, 6) is 0.232. The Morgan fingerprint density at radius 2 is 2.17 bits per heavy atom. The molecule has 1 aliphatic heterocycles. The van der Waals surface area contributed by atoms with Gasteiger partial charge in [-0.05, 0) is 36.6 Å². The second kappa shape index (κ2) is 8.84. The van der Waals surface area contributed by atoms with Crippen LogP contribution in [0.2, 0.25) is 0 Å². The predicted octanol–water partition coefficient (Wildman–Crippen LogP) is 1.94. The maximum atomic E-state index is 12.9. The third-order valence-electron chi connectivity index (χ3n) is 4.20. The van der Waals surface area contributed by atoms with Gasteiger partial charge in [-0.1, -0.05) is 12.1 Å². The fraction of sp³-hybridized carbons (Fsp3) is 0.588. The number of hydrogen-bond donors (Lipinski definition) is 1. The summed E-state index contributed by atoms with van der Waals surface area (Å²) in [6.45, 7) is 4.93. The van der Waals surface area contributed by atoms with E-state index in [2.05, 4.69) is 10.2 Å². The molecule has 0 spiro atoms. The molecule has 1 saturated heterocycles. The van der Waals surface area contributed by atoms with Crippen LogP contribution in [0, 0.1) is 11.7 Å². The Labute approximate surface area is 137 Å². The van der Waals surface area contributed by atoms with Crippen LogP contribution in [0.5, 0.6) is 0 Å². The Kier molecular flexibility index (Phi) is 6.80. The average molecular weight is 323 g/mol. The first-order chi connectivity index (χ1) is 11.1. The summed E-state index contributed by atoms with van der Waals surface area (Å²) in [7, 11) is 3.46. The lowest BCUT2D eigenvalue weighted by atomic mass is 10.1. The van der Waals surface area contributed by atoms with Crippen LogP contribution in [0.1, 0.15) is 12.0 Å². The number of ether oxygens (including phenoxy) is 1. The van der Waals surface area contributed by atoms with Crippen LogP contribution in [0.15, 0.2) is 24.3 Å². The number of likely N-dealkylation sites (tertiary alicyclic amines) is 1. The molecular formula is C17H26FN3O2. The van der Waals surface area contributed by atoms with E-state index in [0.29, 0.717) is 19.0 Å². The average Bonchev–Trinajstić information content (AvgIpc) is 3.00. The second-order valence-electron chi connectivity index (χ2n) is 6.12. The van der Waals surface area contributed by atoms with E-state index in [1.54, 1.807) is 31.2 Å². The van der Waals surface area contributed by atoms with Crippen LogP contribution in [-0.4, -0.2) is 62.8 Å². The van der Waals surface area contributed by atoms with Crippen molar-refractivity contribution in [2.75, 3.05) is 46.9 Å². The Morgan fingerprint density at radius 3 is 2.87 bits per heavy atom. The minimum atomic E-state index is -0.264. The zero-order valence-corrected chi connectivity index (χ0v) is 13.9. The lowest BCUT2D eigenvalue weighted by Crippen LogP contribution is -2.39. The van der Waals surface area contributed by atoms with E-state index in [-0.39, 0.29) is 11.8 Å². The van der Waals surface area contributed by atoms with E-state index in [0.717, 1.165) is 38.2 Å². The molecule has 0 radical (unpaired) electrons. The van der Waals surface area contributed by atoms with Gasteiger partial charge in [0.1, 0.15) is 5.82 Å². The van der Waals surface area contributed by atoms with Gasteiger partial charge in [0, 0.05) is 40.3 Å². The zero-order chi connectivity index (χ0) is 16.7. The quantitative estimate of drug-likeness (QED) is 0.834. The van der Waals surface area contributed by atoms with Crippen molar-refractivity contribution in [3.05, 3.63) is 35.6 Å². The summed E-state index contributed by atoms with van der Waals surface area (Å²) in [6, 6.07) is 6.13. The summed E-state index contributed by atoms with van der Waals surface area (Å²) < 4.78 is 18.0. The van der Waals surface area contributed by atoms with E-state index >= 15 is 0 Å². The topological polar surface area (TPSA) is 44.8 Å². The van der Waals surface area contributed by atoms with Gasteiger partial charge in [0.05, 0.1) is 6.61 Å². The predicted molar refractivity (Wildman–Crippen MR) is 87.7 cm³/mol. The second-order valence-corrected chi connectivity index (χ2v) is 6.12. The van der Waals surface area contributed by atoms with Crippen molar-refractivity contribution in [1.29, 1.82) is 0 Å². The Hall–Kier alpha value is -1.66. The molecule has 1 aliphatic rings. The molecule has 1 fully saturated rings. The maximum absolute atomic E-state index is 12.9. The molecule has 2 rings (SSSR count). The highest BCUT2D eigenvalue weighted by molar-refractivity contribution is 5.73. The van der Waals surface area contributed by atoms with Gasteiger partial charge in [-0.2, -0.15) is 0 Å². The Balaban J connectivity index is 1.69. The van der Waals surface area contributed by atoms with Gasteiger partial charge in [-0.25, -0.2) is 9.18 Å². The molecular weight excluding hydrogens is 297 g/mol. The fourth-order valence-electron chi connectivity index (χ4n) is 2.81. The number of hydrogen-bond acceptors (Lipinski definition) is 3. The largest absolute Gasteiger partial charge is 0.383 e. The van der Waals surface area contributed by atoms with Gasteiger partial charge in [0.15, 0.2) is 0 Å². The van der Waals surface area contributed by atoms with E-state index in [1.165, 1.54) is 12.1 Å². The van der Waals surface area contributed by atoms with Crippen LogP contribution < -0.4 is 5.32 Å². The van der Waals surface area contributed by atoms with Crippen molar-refractivity contribution in [3.8, 4) is 0 Å². The van der Waals surface area contributed by atoms with Gasteiger partial charge >= 0.3 is 6.03 Å². The molecule has 23 heavy (non-hydrogen) atoms. The highest BCUT2D eigenvalue weighted by Crippen LogP contribution is 2.15. The molecule has 1 aromatic rings. The molecule has 0 saturated carbocycles. The number of nitrogens with one attached hydrogen (secondary N) is 1. The van der Waals surface area contributed by atoms with Gasteiger partial charge in [0.2, 0.25) is 0 Å². The Bertz CT molecular complexity index is 495. The molecule has 1 atom stereocenters. The highest BCUT2D eigenvalue weighted by atomic mass is 19.1. The van der Waals surface area contributed by atoms with Crippen molar-refractivity contribution >= 4 is 6.03 Å². The molecule has 1 heterocycles. The number of amides is 2. The van der Waals surface area contributed by atoms with E-state index < -0.39 is 0 Å². The van der Waals surface area contributed by atoms with Crippen molar-refractivity contribution in [3.63, 3.8) is 0 Å². The summed E-state index contributed by atoms with van der Waals surface area (Å²) in [6.07, 6.45) is 1.10. The van der Waals surface area contributed by atoms with Crippen LogP contribution >= 0.6 is 0 Å². The molecule has 0 aliphatic carbocycles. The number of rotatable bonds is 7. The summed E-state index contributed by atoms with van der Waals surface area (Å²) >= 11 is 0. The van der Waals surface area contributed by atoms with Crippen molar-refractivity contribution < 1.29 is 13.9 Å². The minimum Gasteiger partial charge on any atom is -0.383 e. The fourth-order valence-corrected chi connectivity index (χ4v) is 2.81. The molecule has 5 nitrogen and oxygen atoms in total. The lowest BCUT2D eigenvalue weighted by Gasteiger charge is -2.20. The van der Waals surface area contributed by atoms with Crippen molar-refractivity contribution in [1.82, 2.24) is 15.1 Å². The number of benzene rings is 1. The summed E-state index contributed by atoms with van der Waals surface area (Å²) in [4.78, 5) is 16.1. The number of halogens is 1. The molecule has 1 N–H and O–H groups in total. The van der Waals surface area contributed by atoms with Crippen molar-refractivity contribution in [2.24, 2.45) is 5.92 Å². The molecule has 6 heteroatoms. The van der Waals surface area contributed by atoms with E-state index in [1.807, 2.05) is 0 Å². The Morgan fingerprint density at radius 1 is 1.43 bits per heavy atom. The third kappa shape index (κ3) is 5.80. The maximum Gasteiger partial charge on any atom is 0.317 e. The SMILES string of the molecule is COCCN1CCC(CNC(=O)N(C)Cc2ccc(F)cc2)C1. The number of carbonyl (C=O) groups excluding carboxylic acids is 1. The summed E-state index contributed by atoms with van der Waals surface area (Å²) in [5.41, 5.74) is 0.913. The highest BCUT2D eigenvalue weighted by Gasteiger charge is 2.22. The number of methoxy groups -OCH3 is 1. The minimum absolute atomic E-state index is 0.0929. The van der Waals surface area contributed by atoms with Crippen LogP contribution in [0.3, 0.4) is 0 Å². The molecule has 1 unspecified atom stereocenters. The first kappa shape index (κ1) is 17.7. The standard InChI is InChI=1S/C17H26FN3O2/c1-20(12-14-3-5-16(18)6-4-14)17(22)19-11-15-7-8-21(13-15)9-10-23-2/h3-6,15H,7-13H2,1-2H3,(H,19,22). The first-order valence-corrected chi connectivity index (χ1v) is 8.03. The van der Waals surface area contributed by atoms with Gasteiger partial charge in [-0.3, -0.25) is 0 Å². The molecule has 2 amide bonds. The zero-order valence-electron chi connectivity index (χ0n) is 13.9. The van der Waals surface area contributed by atoms with Gasteiger partial charge in [0.25, 0.3) is 0 Å². The lowest BCUT2D eigenvalue weighted by molar-refractivity contribution is 0.158. The van der Waals surface area contributed by atoms with Crippen LogP contribution in [0.4, 0.5) is 9.18 Å². The van der Waals surface area contributed by atoms with Crippen molar-refractivity contribution in [2.45, 2.75) is 13.0 Å². The van der Waals surface area contributed by atoms with E-state index in [4.69, 9.17) is 4.74 Å². The monoisotopic (exact) mass is 323 g/mol. The van der Waals surface area contributed by atoms with Gasteiger partial charge < -0.3 is 19.9 Å². The number of nitrogens with zero attached hydrogens (tertiary/aromatic N) is 2. The molecule has 1 aromatic carbocycles. The van der Waals surface area contributed by atoms with Gasteiger partial charge in [-0.15, -0.1) is 0 Å². The smallest absolute Gasteiger partial charge is 0.317 e.